The Kier molecular flexibility index (Phi) is 4.26. The average molecular weight is 364 g/mol. The first-order valence-corrected chi connectivity index (χ1v) is 8.43. The Morgan fingerprint density at radius 2 is 1.88 bits per heavy atom. The number of morpholine rings is 1. The summed E-state index contributed by atoms with van der Waals surface area (Å²) in [6, 6.07) is 7.72. The Hall–Kier alpha value is -1.89. The van der Waals surface area contributed by atoms with E-state index in [-0.39, 0.29) is 5.28 Å². The first-order chi connectivity index (χ1) is 11.7. The third kappa shape index (κ3) is 3.05. The molecular weight excluding hydrogens is 349 g/mol. The minimum atomic E-state index is 0.201. The summed E-state index contributed by atoms with van der Waals surface area (Å²) in [5, 5.41) is 6.33. The van der Waals surface area contributed by atoms with Crippen LogP contribution in [0.4, 0.5) is 5.82 Å². The number of nitrogens with zero attached hydrogens (tertiary/aromatic N) is 5. The van der Waals surface area contributed by atoms with E-state index in [9.17, 15) is 0 Å². The lowest BCUT2D eigenvalue weighted by atomic mass is 10.2. The van der Waals surface area contributed by atoms with Gasteiger partial charge in [0.15, 0.2) is 5.65 Å². The molecule has 1 saturated heterocycles. The molecule has 0 N–H and O–H groups in total. The Bertz CT molecular complexity index is 876. The van der Waals surface area contributed by atoms with Gasteiger partial charge in [0.1, 0.15) is 5.82 Å². The molecule has 1 aromatic carbocycles. The normalized spacial score (nSPS) is 15.2. The highest BCUT2D eigenvalue weighted by Gasteiger charge is 2.19. The number of fused-ring (bicyclic) bond motifs is 1. The number of aromatic nitrogens is 4. The minimum absolute atomic E-state index is 0.201. The van der Waals surface area contributed by atoms with Crippen LogP contribution in [-0.2, 0) is 11.3 Å². The Labute approximate surface area is 149 Å². The summed E-state index contributed by atoms with van der Waals surface area (Å²) in [5.74, 6) is 0.804. The fraction of sp³-hybridized carbons (Fsp3) is 0.312. The molecular formula is C16H15Cl2N5O. The van der Waals surface area contributed by atoms with E-state index in [1.54, 1.807) is 0 Å². The Balaban J connectivity index is 1.73. The van der Waals surface area contributed by atoms with Crippen LogP contribution in [0.15, 0.2) is 30.5 Å². The van der Waals surface area contributed by atoms with Crippen LogP contribution < -0.4 is 4.90 Å². The van der Waals surface area contributed by atoms with Gasteiger partial charge in [-0.2, -0.15) is 15.1 Å². The van der Waals surface area contributed by atoms with Gasteiger partial charge in [-0.05, 0) is 23.2 Å². The lowest BCUT2D eigenvalue weighted by Gasteiger charge is -2.28. The summed E-state index contributed by atoms with van der Waals surface area (Å²) in [6.45, 7) is 3.47. The molecule has 0 atom stereocenters. The predicted molar refractivity (Wildman–Crippen MR) is 93.9 cm³/mol. The van der Waals surface area contributed by atoms with Gasteiger partial charge in [0.2, 0.25) is 5.28 Å². The zero-order chi connectivity index (χ0) is 16.5. The van der Waals surface area contributed by atoms with Gasteiger partial charge in [0, 0.05) is 24.3 Å². The molecule has 1 aliphatic heterocycles. The van der Waals surface area contributed by atoms with Crippen molar-refractivity contribution >= 4 is 40.1 Å². The molecule has 3 heterocycles. The van der Waals surface area contributed by atoms with Crippen molar-refractivity contribution < 1.29 is 4.74 Å². The van der Waals surface area contributed by atoms with E-state index in [0.717, 1.165) is 34.9 Å². The SMILES string of the molecule is Clc1nc(N2CCOCC2)c2cn(Cc3ccccc3Cl)nc2n1. The number of halogens is 2. The zero-order valence-electron chi connectivity index (χ0n) is 12.8. The lowest BCUT2D eigenvalue weighted by molar-refractivity contribution is 0.122. The number of benzene rings is 1. The maximum atomic E-state index is 6.24. The molecule has 0 spiro atoms. The number of hydrogen-bond donors (Lipinski definition) is 0. The smallest absolute Gasteiger partial charge is 0.226 e. The van der Waals surface area contributed by atoms with Crippen molar-refractivity contribution in [1.82, 2.24) is 19.7 Å². The topological polar surface area (TPSA) is 56.1 Å². The molecule has 0 aliphatic carbocycles. The first-order valence-electron chi connectivity index (χ1n) is 7.67. The van der Waals surface area contributed by atoms with Gasteiger partial charge in [0.25, 0.3) is 0 Å². The molecule has 1 fully saturated rings. The third-order valence-corrected chi connectivity index (χ3v) is 4.52. The Morgan fingerprint density at radius 3 is 2.67 bits per heavy atom. The van der Waals surface area contributed by atoms with Crippen LogP contribution in [0.1, 0.15) is 5.56 Å². The van der Waals surface area contributed by atoms with E-state index in [0.29, 0.717) is 25.4 Å². The van der Waals surface area contributed by atoms with E-state index < -0.39 is 0 Å². The first kappa shape index (κ1) is 15.6. The summed E-state index contributed by atoms with van der Waals surface area (Å²) in [4.78, 5) is 10.8. The van der Waals surface area contributed by atoms with Gasteiger partial charge in [-0.15, -0.1) is 0 Å². The molecule has 124 valence electrons. The highest BCUT2D eigenvalue weighted by atomic mass is 35.5. The van der Waals surface area contributed by atoms with Crippen molar-refractivity contribution in [3.8, 4) is 0 Å². The standard InChI is InChI=1S/C16H15Cl2N5O/c17-13-4-2-1-3-11(13)9-23-10-12-14(21-23)19-16(18)20-15(12)22-5-7-24-8-6-22/h1-4,10H,5-9H2. The number of ether oxygens (including phenoxy) is 1. The van der Waals surface area contributed by atoms with Crippen molar-refractivity contribution in [2.45, 2.75) is 6.54 Å². The maximum Gasteiger partial charge on any atom is 0.226 e. The molecule has 0 unspecified atom stereocenters. The zero-order valence-corrected chi connectivity index (χ0v) is 14.3. The quantitative estimate of drug-likeness (QED) is 0.669. The minimum Gasteiger partial charge on any atom is -0.378 e. The average Bonchev–Trinajstić information content (AvgIpc) is 2.99. The van der Waals surface area contributed by atoms with Crippen molar-refractivity contribution in [3.05, 3.63) is 46.3 Å². The molecule has 0 bridgehead atoms. The van der Waals surface area contributed by atoms with E-state index in [1.807, 2.05) is 35.1 Å². The van der Waals surface area contributed by atoms with Crippen molar-refractivity contribution in [3.63, 3.8) is 0 Å². The second-order valence-corrected chi connectivity index (χ2v) is 6.32. The van der Waals surface area contributed by atoms with Gasteiger partial charge in [-0.25, -0.2) is 0 Å². The van der Waals surface area contributed by atoms with E-state index in [4.69, 9.17) is 27.9 Å². The second-order valence-electron chi connectivity index (χ2n) is 5.57. The van der Waals surface area contributed by atoms with Crippen LogP contribution in [0.2, 0.25) is 10.3 Å². The summed E-state index contributed by atoms with van der Waals surface area (Å²) < 4.78 is 7.23. The van der Waals surface area contributed by atoms with Crippen molar-refractivity contribution in [2.24, 2.45) is 0 Å². The number of rotatable bonds is 3. The molecule has 4 rings (SSSR count). The van der Waals surface area contributed by atoms with Crippen molar-refractivity contribution in [2.75, 3.05) is 31.2 Å². The van der Waals surface area contributed by atoms with Gasteiger partial charge in [-0.1, -0.05) is 29.8 Å². The van der Waals surface area contributed by atoms with Crippen LogP contribution >= 0.6 is 23.2 Å². The summed E-state index contributed by atoms with van der Waals surface area (Å²) >= 11 is 12.3. The fourth-order valence-electron chi connectivity index (χ4n) is 2.81. The van der Waals surface area contributed by atoms with E-state index >= 15 is 0 Å². The van der Waals surface area contributed by atoms with Crippen LogP contribution in [-0.4, -0.2) is 46.1 Å². The van der Waals surface area contributed by atoms with E-state index in [2.05, 4.69) is 20.0 Å². The molecule has 24 heavy (non-hydrogen) atoms. The van der Waals surface area contributed by atoms with Crippen LogP contribution in [0.5, 0.6) is 0 Å². The van der Waals surface area contributed by atoms with Gasteiger partial charge < -0.3 is 9.64 Å². The predicted octanol–water partition coefficient (Wildman–Crippen LogP) is 3.02. The largest absolute Gasteiger partial charge is 0.378 e. The number of hydrogen-bond acceptors (Lipinski definition) is 5. The summed E-state index contributed by atoms with van der Waals surface area (Å²) in [6.07, 6.45) is 1.94. The molecule has 0 saturated carbocycles. The van der Waals surface area contributed by atoms with Crippen LogP contribution in [0, 0.1) is 0 Å². The molecule has 8 heteroatoms. The van der Waals surface area contributed by atoms with E-state index in [1.165, 1.54) is 0 Å². The monoisotopic (exact) mass is 363 g/mol. The molecule has 0 amide bonds. The van der Waals surface area contributed by atoms with Crippen molar-refractivity contribution in [1.29, 1.82) is 0 Å². The molecule has 2 aromatic heterocycles. The van der Waals surface area contributed by atoms with Crippen LogP contribution in [0.3, 0.4) is 0 Å². The van der Waals surface area contributed by atoms with Gasteiger partial charge in [-0.3, -0.25) is 4.68 Å². The Morgan fingerprint density at radius 1 is 1.08 bits per heavy atom. The lowest BCUT2D eigenvalue weighted by Crippen LogP contribution is -2.36. The van der Waals surface area contributed by atoms with Gasteiger partial charge in [0.05, 0.1) is 25.1 Å². The van der Waals surface area contributed by atoms with Crippen LogP contribution in [0.25, 0.3) is 11.0 Å². The summed E-state index contributed by atoms with van der Waals surface area (Å²) in [5.41, 5.74) is 1.59. The highest BCUT2D eigenvalue weighted by molar-refractivity contribution is 6.31. The van der Waals surface area contributed by atoms with Gasteiger partial charge >= 0.3 is 0 Å². The second kappa shape index (κ2) is 6.55. The third-order valence-electron chi connectivity index (χ3n) is 3.98. The molecule has 3 aromatic rings. The maximum absolute atomic E-state index is 6.24. The fourth-order valence-corrected chi connectivity index (χ4v) is 3.17. The highest BCUT2D eigenvalue weighted by Crippen LogP contribution is 2.26. The molecule has 1 aliphatic rings. The molecule has 6 nitrogen and oxygen atoms in total. The number of anilines is 1. The molecule has 0 radical (unpaired) electrons. The summed E-state index contributed by atoms with van der Waals surface area (Å²) in [7, 11) is 0.